The Kier molecular flexibility index (Phi) is 5.40. The first-order valence-corrected chi connectivity index (χ1v) is 9.04. The first-order chi connectivity index (χ1) is 12.5. The number of carboxylic acids is 1. The van der Waals surface area contributed by atoms with Gasteiger partial charge in [0.25, 0.3) is 0 Å². The van der Waals surface area contributed by atoms with Crippen LogP contribution in [0.25, 0.3) is 0 Å². The number of anilines is 2. The van der Waals surface area contributed by atoms with Crippen molar-refractivity contribution in [2.45, 2.75) is 31.2 Å². The molecule has 138 valence electrons. The Labute approximate surface area is 157 Å². The molecule has 0 aromatic heterocycles. The van der Waals surface area contributed by atoms with E-state index in [4.69, 9.17) is 22.8 Å². The maximum atomic E-state index is 12.5. The molecule has 2 fully saturated rings. The van der Waals surface area contributed by atoms with Crippen LogP contribution in [-0.2, 0) is 14.3 Å². The number of aliphatic carboxylic acids is 1. The molecule has 1 saturated heterocycles. The smallest absolute Gasteiger partial charge is 0.330 e. The summed E-state index contributed by atoms with van der Waals surface area (Å²) in [4.78, 5) is 28.0. The standard InChI is InChI=1S/C19H21ClN2O4/c1-2-17(23)22(19(18(24)25)7-3-4-8-19)14-5-6-15(20)16(13-14)21-9-11-26-12-10-21/h1,5-6,13H,3-4,7-12H2,(H,24,25). The number of terminal acetylenes is 1. The molecule has 0 bridgehead atoms. The van der Waals surface area contributed by atoms with Crippen LogP contribution < -0.4 is 9.80 Å². The summed E-state index contributed by atoms with van der Waals surface area (Å²) in [7, 11) is 0. The largest absolute Gasteiger partial charge is 0.479 e. The topological polar surface area (TPSA) is 70.1 Å². The fourth-order valence-corrected chi connectivity index (χ4v) is 4.04. The van der Waals surface area contributed by atoms with Crippen molar-refractivity contribution in [2.24, 2.45) is 0 Å². The highest BCUT2D eigenvalue weighted by Crippen LogP contribution is 2.41. The normalized spacial score (nSPS) is 19.0. The van der Waals surface area contributed by atoms with Crippen molar-refractivity contribution in [3.8, 4) is 12.3 Å². The third-order valence-corrected chi connectivity index (χ3v) is 5.44. The lowest BCUT2D eigenvalue weighted by Gasteiger charge is -2.37. The summed E-state index contributed by atoms with van der Waals surface area (Å²) in [6, 6.07) is 5.10. The number of morpholine rings is 1. The van der Waals surface area contributed by atoms with E-state index in [1.54, 1.807) is 18.2 Å². The zero-order chi connectivity index (χ0) is 18.7. The van der Waals surface area contributed by atoms with Crippen LogP contribution in [0.1, 0.15) is 25.7 Å². The summed E-state index contributed by atoms with van der Waals surface area (Å²) in [6.45, 7) is 2.53. The summed E-state index contributed by atoms with van der Waals surface area (Å²) in [6.07, 6.45) is 7.60. The van der Waals surface area contributed by atoms with Crippen molar-refractivity contribution in [2.75, 3.05) is 36.1 Å². The number of ether oxygens (including phenoxy) is 1. The summed E-state index contributed by atoms with van der Waals surface area (Å²) >= 11 is 6.36. The molecule has 1 amide bonds. The molecule has 1 heterocycles. The van der Waals surface area contributed by atoms with E-state index in [1.165, 1.54) is 4.90 Å². The number of amides is 1. The molecular formula is C19H21ClN2O4. The zero-order valence-electron chi connectivity index (χ0n) is 14.4. The van der Waals surface area contributed by atoms with Crippen LogP contribution in [0.4, 0.5) is 11.4 Å². The predicted octanol–water partition coefficient (Wildman–Crippen LogP) is 2.54. The van der Waals surface area contributed by atoms with Gasteiger partial charge < -0.3 is 14.7 Å². The van der Waals surface area contributed by atoms with Gasteiger partial charge in [-0.2, -0.15) is 0 Å². The number of hydrogen-bond donors (Lipinski definition) is 1. The summed E-state index contributed by atoms with van der Waals surface area (Å²) in [5.41, 5.74) is -0.0940. The molecule has 1 aromatic rings. The first-order valence-electron chi connectivity index (χ1n) is 8.66. The average molecular weight is 377 g/mol. The van der Waals surface area contributed by atoms with E-state index >= 15 is 0 Å². The third-order valence-electron chi connectivity index (χ3n) is 5.12. The van der Waals surface area contributed by atoms with E-state index in [0.717, 1.165) is 18.5 Å². The number of nitrogens with zero attached hydrogens (tertiary/aromatic N) is 2. The Hall–Kier alpha value is -2.23. The number of hydrogen-bond acceptors (Lipinski definition) is 4. The minimum absolute atomic E-state index is 0.380. The van der Waals surface area contributed by atoms with Crippen LogP contribution in [0.3, 0.4) is 0 Å². The second-order valence-corrected chi connectivity index (χ2v) is 6.97. The fraction of sp³-hybridized carbons (Fsp3) is 0.474. The minimum Gasteiger partial charge on any atom is -0.479 e. The number of carbonyl (C=O) groups is 2. The third kappa shape index (κ3) is 3.25. The molecule has 6 nitrogen and oxygen atoms in total. The van der Waals surface area contributed by atoms with Gasteiger partial charge in [-0.15, -0.1) is 6.42 Å². The Morgan fingerprint density at radius 1 is 1.27 bits per heavy atom. The molecule has 1 N–H and O–H groups in total. The van der Waals surface area contributed by atoms with Crippen LogP contribution in [0.15, 0.2) is 18.2 Å². The summed E-state index contributed by atoms with van der Waals surface area (Å²) < 4.78 is 5.37. The molecule has 26 heavy (non-hydrogen) atoms. The molecule has 2 aliphatic rings. The number of halogens is 1. The fourth-order valence-electron chi connectivity index (χ4n) is 3.80. The summed E-state index contributed by atoms with van der Waals surface area (Å²) in [5, 5.41) is 10.4. The van der Waals surface area contributed by atoms with Crippen LogP contribution >= 0.6 is 11.6 Å². The molecule has 7 heteroatoms. The van der Waals surface area contributed by atoms with Crippen LogP contribution in [0, 0.1) is 12.3 Å². The number of carboxylic acid groups (broad SMARTS) is 1. The van der Waals surface area contributed by atoms with E-state index < -0.39 is 17.4 Å². The van der Waals surface area contributed by atoms with Crippen molar-refractivity contribution in [1.82, 2.24) is 0 Å². The van der Waals surface area contributed by atoms with Gasteiger partial charge in [0.05, 0.1) is 23.9 Å². The quantitative estimate of drug-likeness (QED) is 0.818. The van der Waals surface area contributed by atoms with E-state index in [0.29, 0.717) is 49.9 Å². The molecule has 1 aromatic carbocycles. The lowest BCUT2D eigenvalue weighted by molar-refractivity contribution is -0.144. The van der Waals surface area contributed by atoms with Gasteiger partial charge in [0.1, 0.15) is 5.54 Å². The van der Waals surface area contributed by atoms with Gasteiger partial charge in [-0.25, -0.2) is 4.79 Å². The molecule has 3 rings (SSSR count). The Morgan fingerprint density at radius 3 is 2.50 bits per heavy atom. The highest BCUT2D eigenvalue weighted by atomic mass is 35.5. The molecule has 0 atom stereocenters. The Morgan fingerprint density at radius 2 is 1.92 bits per heavy atom. The van der Waals surface area contributed by atoms with Crippen LogP contribution in [0.2, 0.25) is 5.02 Å². The second kappa shape index (κ2) is 7.56. The van der Waals surface area contributed by atoms with Crippen molar-refractivity contribution >= 4 is 34.9 Å². The first kappa shape index (κ1) is 18.6. The van der Waals surface area contributed by atoms with Gasteiger partial charge in [-0.3, -0.25) is 9.69 Å². The van der Waals surface area contributed by atoms with Crippen molar-refractivity contribution in [3.63, 3.8) is 0 Å². The molecule has 0 spiro atoms. The van der Waals surface area contributed by atoms with Crippen LogP contribution in [0.5, 0.6) is 0 Å². The molecule has 0 unspecified atom stereocenters. The molecule has 0 radical (unpaired) electrons. The van der Waals surface area contributed by atoms with E-state index in [-0.39, 0.29) is 0 Å². The lowest BCUT2D eigenvalue weighted by atomic mass is 9.93. The van der Waals surface area contributed by atoms with E-state index in [9.17, 15) is 14.7 Å². The molecule has 1 saturated carbocycles. The zero-order valence-corrected chi connectivity index (χ0v) is 15.2. The minimum atomic E-state index is -1.31. The highest BCUT2D eigenvalue weighted by molar-refractivity contribution is 6.33. The molecule has 1 aliphatic carbocycles. The van der Waals surface area contributed by atoms with Gasteiger partial charge >= 0.3 is 11.9 Å². The predicted molar refractivity (Wildman–Crippen MR) is 99.6 cm³/mol. The van der Waals surface area contributed by atoms with Crippen molar-refractivity contribution < 1.29 is 19.4 Å². The van der Waals surface area contributed by atoms with Gasteiger partial charge in [-0.05, 0) is 37.0 Å². The number of benzene rings is 1. The van der Waals surface area contributed by atoms with Gasteiger partial charge in [0, 0.05) is 18.8 Å². The monoisotopic (exact) mass is 376 g/mol. The average Bonchev–Trinajstić information content (AvgIpc) is 3.14. The van der Waals surface area contributed by atoms with Crippen LogP contribution in [-0.4, -0.2) is 48.8 Å². The van der Waals surface area contributed by atoms with Gasteiger partial charge in [-0.1, -0.05) is 24.4 Å². The van der Waals surface area contributed by atoms with E-state index in [2.05, 4.69) is 10.8 Å². The van der Waals surface area contributed by atoms with Crippen molar-refractivity contribution in [3.05, 3.63) is 23.2 Å². The van der Waals surface area contributed by atoms with E-state index in [1.807, 2.05) is 0 Å². The number of carbonyl (C=O) groups excluding carboxylic acids is 1. The number of rotatable bonds is 4. The highest BCUT2D eigenvalue weighted by Gasteiger charge is 2.49. The lowest BCUT2D eigenvalue weighted by Crippen LogP contribution is -2.55. The second-order valence-electron chi connectivity index (χ2n) is 6.56. The SMILES string of the molecule is C#CC(=O)N(c1ccc(Cl)c(N2CCOCC2)c1)C1(C(=O)O)CCCC1. The summed E-state index contributed by atoms with van der Waals surface area (Å²) in [5.74, 6) is 0.416. The Bertz CT molecular complexity index is 746. The Balaban J connectivity index is 2.06. The maximum Gasteiger partial charge on any atom is 0.330 e. The van der Waals surface area contributed by atoms with Gasteiger partial charge in [0.15, 0.2) is 0 Å². The molecule has 1 aliphatic heterocycles. The molecular weight excluding hydrogens is 356 g/mol. The van der Waals surface area contributed by atoms with Crippen molar-refractivity contribution in [1.29, 1.82) is 0 Å². The van der Waals surface area contributed by atoms with Gasteiger partial charge in [0.2, 0.25) is 0 Å². The maximum absolute atomic E-state index is 12.5.